The van der Waals surface area contributed by atoms with Crippen LogP contribution in [0.3, 0.4) is 0 Å². The van der Waals surface area contributed by atoms with Crippen LogP contribution < -0.4 is 61.0 Å². The van der Waals surface area contributed by atoms with Crippen molar-refractivity contribution in [3.63, 3.8) is 0 Å². The van der Waals surface area contributed by atoms with Crippen molar-refractivity contribution in [2.75, 3.05) is 19.7 Å². The molecule has 0 aromatic rings. The van der Waals surface area contributed by atoms with Crippen LogP contribution in [0.15, 0.2) is 4.99 Å². The number of aliphatic imine (C=N–C) groups is 1. The van der Waals surface area contributed by atoms with Gasteiger partial charge in [-0.2, -0.15) is 0 Å². The minimum atomic E-state index is -1.91. The van der Waals surface area contributed by atoms with E-state index in [1.165, 1.54) is 0 Å². The van der Waals surface area contributed by atoms with Crippen molar-refractivity contribution in [1.82, 2.24) is 31.5 Å². The summed E-state index contributed by atoms with van der Waals surface area (Å²) in [6.45, 7) is -0.976. The summed E-state index contributed by atoms with van der Waals surface area (Å²) in [4.78, 5) is 142. The van der Waals surface area contributed by atoms with Gasteiger partial charge in [-0.25, -0.2) is 4.79 Å². The number of likely N-dealkylation sites (tertiary alicyclic amines) is 1. The summed E-state index contributed by atoms with van der Waals surface area (Å²) in [6.07, 6.45) is -3.43. The van der Waals surface area contributed by atoms with Crippen LogP contribution in [0.25, 0.3) is 0 Å². The molecule has 9 amide bonds. The van der Waals surface area contributed by atoms with Gasteiger partial charge in [-0.05, 0) is 32.1 Å². The maximum Gasteiger partial charge on any atom is 0.328 e. The number of aliphatic hydroxyl groups is 1. The van der Waals surface area contributed by atoms with E-state index in [-0.39, 0.29) is 38.3 Å². The van der Waals surface area contributed by atoms with Crippen LogP contribution in [0.1, 0.15) is 57.8 Å². The fourth-order valence-corrected chi connectivity index (χ4v) is 5.47. The van der Waals surface area contributed by atoms with Crippen molar-refractivity contribution in [2.24, 2.45) is 39.4 Å². The third kappa shape index (κ3) is 17.4. The van der Waals surface area contributed by atoms with Crippen molar-refractivity contribution in [2.45, 2.75) is 100 Å². The minimum absolute atomic E-state index is 0.00686. The van der Waals surface area contributed by atoms with Crippen molar-refractivity contribution < 1.29 is 68.1 Å². The maximum absolute atomic E-state index is 13.9. The monoisotopic (exact) mass is 829 g/mol. The number of hydrogen-bond acceptors (Lipinski definition) is 14. The molecule has 27 heteroatoms. The van der Waals surface area contributed by atoms with Crippen LogP contribution in [0.2, 0.25) is 0 Å². The zero-order chi connectivity index (χ0) is 44.3. The van der Waals surface area contributed by atoms with Gasteiger partial charge in [0.25, 0.3) is 0 Å². The van der Waals surface area contributed by atoms with E-state index in [1.807, 2.05) is 5.32 Å². The van der Waals surface area contributed by atoms with E-state index in [1.54, 1.807) is 0 Å². The predicted molar refractivity (Wildman–Crippen MR) is 195 cm³/mol. The number of nitrogens with two attached hydrogens (primary N) is 6. The number of aliphatic carboxylic acids is 2. The number of carbonyl (C=O) groups is 11. The van der Waals surface area contributed by atoms with E-state index in [2.05, 4.69) is 26.3 Å². The average Bonchev–Trinajstić information content (AvgIpc) is 3.61. The van der Waals surface area contributed by atoms with E-state index < -0.39 is 146 Å². The molecule has 1 aliphatic heterocycles. The fraction of sp³-hybridized carbons (Fsp3) is 0.613. The average molecular weight is 830 g/mol. The lowest BCUT2D eigenvalue weighted by molar-refractivity contribution is -0.146. The highest BCUT2D eigenvalue weighted by molar-refractivity contribution is 5.99. The molecule has 0 aliphatic carbocycles. The molecule has 27 nitrogen and oxygen atoms in total. The van der Waals surface area contributed by atoms with Crippen LogP contribution >= 0.6 is 0 Å². The van der Waals surface area contributed by atoms with E-state index in [0.717, 1.165) is 4.90 Å². The SMILES string of the molecule is NC(=O)CC[C@H](NC(=O)[C@H](CC(N)=O)NC(=O)[C@H](CC(N)=O)NC(=O)[C@@H](N)CC(=O)O)C(=O)N[C@@H](CCCN=C(N)N)C(=O)N1CCC[C@H]1C(=O)N[C@@H](CO)C(=O)O. The molecule has 0 aromatic heterocycles. The zero-order valence-electron chi connectivity index (χ0n) is 31.2. The summed E-state index contributed by atoms with van der Waals surface area (Å²) in [5.74, 6) is -13.1. The number of carboxylic acid groups (broad SMARTS) is 2. The van der Waals surface area contributed by atoms with E-state index >= 15 is 0 Å². The number of primary amides is 3. The third-order valence-corrected chi connectivity index (χ3v) is 8.32. The Morgan fingerprint density at radius 3 is 1.66 bits per heavy atom. The Bertz CT molecular complexity index is 1610. The van der Waals surface area contributed by atoms with Crippen LogP contribution in [-0.2, 0) is 52.7 Å². The van der Waals surface area contributed by atoms with Gasteiger partial charge in [-0.1, -0.05) is 0 Å². The Kier molecular flexibility index (Phi) is 20.5. The molecule has 1 rings (SSSR count). The molecule has 0 aromatic carbocycles. The molecule has 1 fully saturated rings. The molecule has 1 heterocycles. The van der Waals surface area contributed by atoms with Gasteiger partial charge >= 0.3 is 11.9 Å². The van der Waals surface area contributed by atoms with Crippen molar-refractivity contribution in [1.29, 1.82) is 0 Å². The molecule has 7 atom stereocenters. The first-order chi connectivity index (χ1) is 27.1. The first kappa shape index (κ1) is 49.4. The molecule has 0 saturated carbocycles. The van der Waals surface area contributed by atoms with Gasteiger partial charge in [-0.3, -0.25) is 52.9 Å². The topological polar surface area (TPSA) is 480 Å². The van der Waals surface area contributed by atoms with Crippen LogP contribution in [0.4, 0.5) is 0 Å². The summed E-state index contributed by atoms with van der Waals surface area (Å²) in [6, 6.07) is -11.5. The lowest BCUT2D eigenvalue weighted by atomic mass is 10.0. The molecule has 1 aliphatic rings. The molecule has 0 radical (unpaired) electrons. The normalized spacial score (nSPS) is 16.4. The molecule has 20 N–H and O–H groups in total. The van der Waals surface area contributed by atoms with Crippen molar-refractivity contribution in [3.8, 4) is 0 Å². The first-order valence-electron chi connectivity index (χ1n) is 17.6. The van der Waals surface area contributed by atoms with Gasteiger partial charge in [-0.15, -0.1) is 0 Å². The van der Waals surface area contributed by atoms with Crippen LogP contribution in [0, 0.1) is 0 Å². The van der Waals surface area contributed by atoms with Crippen molar-refractivity contribution >= 4 is 71.1 Å². The van der Waals surface area contributed by atoms with E-state index in [4.69, 9.17) is 39.5 Å². The number of nitrogens with one attached hydrogen (secondary N) is 5. The molecular weight excluding hydrogens is 778 g/mol. The Balaban J connectivity index is 3.42. The van der Waals surface area contributed by atoms with Gasteiger partial charge in [0.2, 0.25) is 53.2 Å². The smallest absolute Gasteiger partial charge is 0.328 e. The van der Waals surface area contributed by atoms with E-state index in [0.29, 0.717) is 6.42 Å². The first-order valence-corrected chi connectivity index (χ1v) is 17.6. The number of rotatable bonds is 26. The number of aliphatic hydroxyl groups excluding tert-OH is 1. The summed E-state index contributed by atoms with van der Waals surface area (Å²) in [7, 11) is 0. The van der Waals surface area contributed by atoms with Crippen LogP contribution in [-0.4, -0.2) is 153 Å². The summed E-state index contributed by atoms with van der Waals surface area (Å²) in [5, 5.41) is 38.4. The van der Waals surface area contributed by atoms with Gasteiger partial charge in [0.15, 0.2) is 5.96 Å². The van der Waals surface area contributed by atoms with Gasteiger partial charge in [0, 0.05) is 19.5 Å². The summed E-state index contributed by atoms with van der Waals surface area (Å²) in [5.41, 5.74) is 32.0. The highest BCUT2D eigenvalue weighted by atomic mass is 16.4. The Labute approximate surface area is 329 Å². The highest BCUT2D eigenvalue weighted by Crippen LogP contribution is 2.20. The van der Waals surface area contributed by atoms with Gasteiger partial charge in [0.1, 0.15) is 36.3 Å². The summed E-state index contributed by atoms with van der Waals surface area (Å²) >= 11 is 0. The van der Waals surface area contributed by atoms with Crippen LogP contribution in [0.5, 0.6) is 0 Å². The second-order valence-corrected chi connectivity index (χ2v) is 13.0. The number of amides is 9. The molecule has 324 valence electrons. The molecule has 0 bridgehead atoms. The number of carboxylic acids is 2. The Morgan fingerprint density at radius 2 is 1.17 bits per heavy atom. The molecule has 58 heavy (non-hydrogen) atoms. The van der Waals surface area contributed by atoms with Gasteiger partial charge < -0.3 is 81.2 Å². The maximum atomic E-state index is 13.9. The third-order valence-electron chi connectivity index (χ3n) is 8.32. The Hall–Kier alpha value is -6.64. The standard InChI is InChI=1S/C31H51N13O14/c32-13(9-23(49)50)24(51)41-16(10-21(34)47)27(54)42-17(11-22(35)48)26(53)39-14(5-6-20(33)46)25(52)40-15(3-1-7-38-31(36)37)29(56)44-8-2-4-19(44)28(55)43-18(12-45)30(57)58/h13-19,45H,1-12,32H2,(H2,33,46)(H2,34,47)(H2,35,48)(H,39,53)(H,40,52)(H,41,51)(H,42,54)(H,43,55)(H,49,50)(H,57,58)(H4,36,37,38)/t13-,14-,15-,16-,17-,18-,19-/m0/s1. The highest BCUT2D eigenvalue weighted by Gasteiger charge is 2.40. The van der Waals surface area contributed by atoms with Gasteiger partial charge in [0.05, 0.1) is 31.9 Å². The number of hydrogen-bond donors (Lipinski definition) is 14. The zero-order valence-corrected chi connectivity index (χ0v) is 31.2. The largest absolute Gasteiger partial charge is 0.481 e. The van der Waals surface area contributed by atoms with E-state index in [9.17, 15) is 63.0 Å². The Morgan fingerprint density at radius 1 is 0.655 bits per heavy atom. The predicted octanol–water partition coefficient (Wildman–Crippen LogP) is -8.65. The lowest BCUT2D eigenvalue weighted by Crippen LogP contribution is -2.60. The second-order valence-electron chi connectivity index (χ2n) is 13.0. The molecule has 0 unspecified atom stereocenters. The summed E-state index contributed by atoms with van der Waals surface area (Å²) < 4.78 is 0. The molecule has 0 spiro atoms. The second kappa shape index (κ2) is 24.1. The lowest BCUT2D eigenvalue weighted by Gasteiger charge is -2.30. The number of guanidine groups is 1. The number of carbonyl (C=O) groups excluding carboxylic acids is 9. The molecular formula is C31H51N13O14. The fourth-order valence-electron chi connectivity index (χ4n) is 5.47. The molecule has 1 saturated heterocycles. The number of nitrogens with zero attached hydrogens (tertiary/aromatic N) is 2. The minimum Gasteiger partial charge on any atom is -0.481 e. The quantitative estimate of drug-likeness (QED) is 0.0219. The van der Waals surface area contributed by atoms with Crippen molar-refractivity contribution in [3.05, 3.63) is 0 Å².